The Morgan fingerprint density at radius 2 is 2.24 bits per heavy atom. The van der Waals surface area contributed by atoms with E-state index in [1.807, 2.05) is 25.1 Å². The van der Waals surface area contributed by atoms with Gasteiger partial charge in [-0.2, -0.15) is 0 Å². The summed E-state index contributed by atoms with van der Waals surface area (Å²) in [7, 11) is 0. The third-order valence-electron chi connectivity index (χ3n) is 3.31. The van der Waals surface area contributed by atoms with E-state index < -0.39 is 12.0 Å². The van der Waals surface area contributed by atoms with Gasteiger partial charge in [0.05, 0.1) is 10.2 Å². The van der Waals surface area contributed by atoms with Gasteiger partial charge >= 0.3 is 12.0 Å². The van der Waals surface area contributed by atoms with Crippen LogP contribution in [0.1, 0.15) is 18.4 Å². The van der Waals surface area contributed by atoms with Crippen molar-refractivity contribution in [3.8, 4) is 0 Å². The monoisotopic (exact) mass is 305 g/mol. The molecule has 0 unspecified atom stereocenters. The maximum atomic E-state index is 12.2. The summed E-state index contributed by atoms with van der Waals surface area (Å²) in [6.07, 6.45) is 1.72. The van der Waals surface area contributed by atoms with E-state index in [0.717, 1.165) is 28.6 Å². The highest BCUT2D eigenvalue weighted by Gasteiger charge is 2.34. The highest BCUT2D eigenvalue weighted by Crippen LogP contribution is 2.29. The molecule has 7 heteroatoms. The third kappa shape index (κ3) is 3.13. The number of amides is 2. The molecule has 1 saturated carbocycles. The maximum absolute atomic E-state index is 12.2. The molecule has 0 bridgehead atoms. The van der Waals surface area contributed by atoms with Crippen molar-refractivity contribution in [2.75, 3.05) is 11.9 Å². The number of carbonyl (C=O) groups excluding carboxylic acids is 1. The highest BCUT2D eigenvalue weighted by atomic mass is 32.1. The molecule has 1 heterocycles. The van der Waals surface area contributed by atoms with Crippen molar-refractivity contribution in [2.24, 2.45) is 0 Å². The first-order valence-corrected chi connectivity index (χ1v) is 7.51. The number of hydrogen-bond acceptors (Lipinski definition) is 4. The first-order valence-electron chi connectivity index (χ1n) is 6.69. The minimum atomic E-state index is -1.00. The number of rotatable bonds is 4. The van der Waals surface area contributed by atoms with E-state index in [9.17, 15) is 9.59 Å². The molecule has 2 N–H and O–H groups in total. The molecule has 0 radical (unpaired) electrons. The number of carbonyl (C=O) groups is 2. The Morgan fingerprint density at radius 1 is 1.48 bits per heavy atom. The second kappa shape index (κ2) is 5.33. The Morgan fingerprint density at radius 3 is 2.90 bits per heavy atom. The van der Waals surface area contributed by atoms with Crippen LogP contribution < -0.4 is 5.32 Å². The zero-order valence-corrected chi connectivity index (χ0v) is 12.3. The average Bonchev–Trinajstić information content (AvgIpc) is 3.16. The van der Waals surface area contributed by atoms with Crippen LogP contribution in [0.15, 0.2) is 18.2 Å². The van der Waals surface area contributed by atoms with Crippen molar-refractivity contribution in [1.82, 2.24) is 9.88 Å². The Labute approximate surface area is 125 Å². The molecule has 3 rings (SSSR count). The van der Waals surface area contributed by atoms with E-state index >= 15 is 0 Å². The number of aryl methyl sites for hydroxylation is 1. The summed E-state index contributed by atoms with van der Waals surface area (Å²) in [5.74, 6) is -1.00. The Kier molecular flexibility index (Phi) is 3.50. The van der Waals surface area contributed by atoms with E-state index in [1.54, 1.807) is 0 Å². The van der Waals surface area contributed by atoms with Gasteiger partial charge in [0, 0.05) is 6.04 Å². The summed E-state index contributed by atoms with van der Waals surface area (Å²) in [5, 5.41) is 12.1. The van der Waals surface area contributed by atoms with Gasteiger partial charge in [0.2, 0.25) is 0 Å². The standard InChI is InChI=1S/C14H15N3O3S/c1-8-2-5-10-11(6-8)21-13(15-10)16-14(20)17(7-12(18)19)9-3-4-9/h2,5-6,9H,3-4,7H2,1H3,(H,18,19)(H,15,16,20). The minimum absolute atomic E-state index is 0.0396. The second-order valence-electron chi connectivity index (χ2n) is 5.17. The fourth-order valence-corrected chi connectivity index (χ4v) is 3.10. The van der Waals surface area contributed by atoms with Gasteiger partial charge in [0.25, 0.3) is 0 Å². The number of fused-ring (bicyclic) bond motifs is 1. The van der Waals surface area contributed by atoms with Crippen LogP contribution in [0.2, 0.25) is 0 Å². The summed E-state index contributed by atoms with van der Waals surface area (Å²) in [5.41, 5.74) is 1.96. The second-order valence-corrected chi connectivity index (χ2v) is 6.20. The summed E-state index contributed by atoms with van der Waals surface area (Å²) in [4.78, 5) is 28.7. The molecule has 0 spiro atoms. The van der Waals surface area contributed by atoms with Gasteiger partial charge in [-0.25, -0.2) is 9.78 Å². The lowest BCUT2D eigenvalue weighted by atomic mass is 10.2. The van der Waals surface area contributed by atoms with E-state index in [-0.39, 0.29) is 12.6 Å². The van der Waals surface area contributed by atoms with Crippen molar-refractivity contribution in [2.45, 2.75) is 25.8 Å². The smallest absolute Gasteiger partial charge is 0.324 e. The van der Waals surface area contributed by atoms with Crippen molar-refractivity contribution < 1.29 is 14.7 Å². The number of benzene rings is 1. The number of urea groups is 1. The lowest BCUT2D eigenvalue weighted by molar-refractivity contribution is -0.137. The van der Waals surface area contributed by atoms with Gasteiger partial charge in [-0.3, -0.25) is 10.1 Å². The molecule has 110 valence electrons. The van der Waals surface area contributed by atoms with Crippen LogP contribution in [0.25, 0.3) is 10.2 Å². The average molecular weight is 305 g/mol. The predicted molar refractivity (Wildman–Crippen MR) is 80.7 cm³/mol. The van der Waals surface area contributed by atoms with Gasteiger partial charge in [0.1, 0.15) is 6.54 Å². The summed E-state index contributed by atoms with van der Waals surface area (Å²) >= 11 is 1.39. The van der Waals surface area contributed by atoms with E-state index in [0.29, 0.717) is 5.13 Å². The van der Waals surface area contributed by atoms with Crippen molar-refractivity contribution in [3.05, 3.63) is 23.8 Å². The maximum Gasteiger partial charge on any atom is 0.324 e. The topological polar surface area (TPSA) is 82.5 Å². The molecule has 1 aromatic carbocycles. The molecule has 0 atom stereocenters. The minimum Gasteiger partial charge on any atom is -0.480 e. The molecule has 2 aromatic rings. The van der Waals surface area contributed by atoms with Crippen LogP contribution in [0.4, 0.5) is 9.93 Å². The number of nitrogens with zero attached hydrogens (tertiary/aromatic N) is 2. The number of thiazole rings is 1. The molecule has 1 aliphatic carbocycles. The van der Waals surface area contributed by atoms with E-state index in [4.69, 9.17) is 5.11 Å². The number of hydrogen-bond donors (Lipinski definition) is 2. The fraction of sp³-hybridized carbons (Fsp3) is 0.357. The SMILES string of the molecule is Cc1ccc2nc(NC(=O)N(CC(=O)O)C3CC3)sc2c1. The Hall–Kier alpha value is -2.15. The number of anilines is 1. The summed E-state index contributed by atoms with van der Waals surface area (Å²) < 4.78 is 1.00. The molecule has 21 heavy (non-hydrogen) atoms. The van der Waals surface area contributed by atoms with E-state index in [2.05, 4.69) is 10.3 Å². The zero-order valence-electron chi connectivity index (χ0n) is 11.5. The van der Waals surface area contributed by atoms with Crippen LogP contribution in [-0.4, -0.2) is 39.6 Å². The normalized spacial score (nSPS) is 14.1. The summed E-state index contributed by atoms with van der Waals surface area (Å²) in [6, 6.07) is 5.54. The van der Waals surface area contributed by atoms with Gasteiger partial charge in [0.15, 0.2) is 5.13 Å². The van der Waals surface area contributed by atoms with Crippen LogP contribution in [0.3, 0.4) is 0 Å². The van der Waals surface area contributed by atoms with Crippen LogP contribution in [0.5, 0.6) is 0 Å². The molecule has 0 aliphatic heterocycles. The third-order valence-corrected chi connectivity index (χ3v) is 4.25. The molecule has 1 fully saturated rings. The number of aromatic nitrogens is 1. The Balaban J connectivity index is 1.76. The number of carboxylic acid groups (broad SMARTS) is 1. The van der Waals surface area contributed by atoms with Gasteiger partial charge < -0.3 is 10.0 Å². The van der Waals surface area contributed by atoms with Crippen molar-refractivity contribution in [1.29, 1.82) is 0 Å². The molecule has 1 aliphatic rings. The number of carboxylic acids is 1. The molecular formula is C14H15N3O3S. The Bertz CT molecular complexity index is 709. The predicted octanol–water partition coefficient (Wildman–Crippen LogP) is 2.69. The lowest BCUT2D eigenvalue weighted by Gasteiger charge is -2.19. The first kappa shape index (κ1) is 13.8. The van der Waals surface area contributed by atoms with Crippen molar-refractivity contribution >= 4 is 38.7 Å². The molecule has 0 saturated heterocycles. The molecule has 6 nitrogen and oxygen atoms in total. The quantitative estimate of drug-likeness (QED) is 0.909. The zero-order chi connectivity index (χ0) is 15.0. The van der Waals surface area contributed by atoms with E-state index in [1.165, 1.54) is 16.2 Å². The van der Waals surface area contributed by atoms with Crippen LogP contribution in [0, 0.1) is 6.92 Å². The summed E-state index contributed by atoms with van der Waals surface area (Å²) in [6.45, 7) is 1.72. The molecule has 1 aromatic heterocycles. The van der Waals surface area contributed by atoms with Gasteiger partial charge in [-0.15, -0.1) is 0 Å². The number of nitrogens with one attached hydrogen (secondary N) is 1. The van der Waals surface area contributed by atoms with Gasteiger partial charge in [-0.05, 0) is 37.5 Å². The highest BCUT2D eigenvalue weighted by molar-refractivity contribution is 7.22. The fourth-order valence-electron chi connectivity index (χ4n) is 2.15. The number of aliphatic carboxylic acids is 1. The molecule has 2 amide bonds. The largest absolute Gasteiger partial charge is 0.480 e. The van der Waals surface area contributed by atoms with Gasteiger partial charge in [-0.1, -0.05) is 17.4 Å². The van der Waals surface area contributed by atoms with Crippen molar-refractivity contribution in [3.63, 3.8) is 0 Å². The van der Waals surface area contributed by atoms with Crippen LogP contribution in [-0.2, 0) is 4.79 Å². The molecular weight excluding hydrogens is 290 g/mol. The lowest BCUT2D eigenvalue weighted by Crippen LogP contribution is -2.40. The first-order chi connectivity index (χ1) is 10.0. The van der Waals surface area contributed by atoms with Crippen LogP contribution >= 0.6 is 11.3 Å².